The number of benzene rings is 2. The van der Waals surface area contributed by atoms with E-state index < -0.39 is 6.04 Å². The third-order valence-electron chi connectivity index (χ3n) is 2.64. The average Bonchev–Trinajstić information content (AvgIpc) is 2.40. The molecule has 1 atom stereocenters. The fourth-order valence-electron chi connectivity index (χ4n) is 1.64. The first-order chi connectivity index (χ1) is 9.09. The molecule has 0 radical (unpaired) electrons. The highest BCUT2D eigenvalue weighted by molar-refractivity contribution is 9.10. The summed E-state index contributed by atoms with van der Waals surface area (Å²) in [5.41, 5.74) is 6.39. The van der Waals surface area contributed by atoms with Gasteiger partial charge in [-0.05, 0) is 34.1 Å². The molecule has 0 saturated carbocycles. The number of halogens is 3. The zero-order chi connectivity index (χ0) is 13.8. The van der Waals surface area contributed by atoms with Crippen molar-refractivity contribution in [2.75, 3.05) is 5.75 Å². The molecule has 0 spiro atoms. The van der Waals surface area contributed by atoms with E-state index in [2.05, 4.69) is 15.9 Å². The Morgan fingerprint density at radius 3 is 2.58 bits per heavy atom. The van der Waals surface area contributed by atoms with Gasteiger partial charge in [-0.2, -0.15) is 0 Å². The van der Waals surface area contributed by atoms with Crippen molar-refractivity contribution in [3.8, 4) is 0 Å². The van der Waals surface area contributed by atoms with Crippen molar-refractivity contribution in [1.29, 1.82) is 0 Å². The van der Waals surface area contributed by atoms with Crippen LogP contribution in [0.4, 0.5) is 8.78 Å². The maximum atomic E-state index is 13.8. The molecule has 0 aliphatic rings. The first kappa shape index (κ1) is 14.5. The molecule has 2 aromatic carbocycles. The van der Waals surface area contributed by atoms with Gasteiger partial charge in [-0.3, -0.25) is 0 Å². The first-order valence-electron chi connectivity index (χ1n) is 5.66. The van der Waals surface area contributed by atoms with Gasteiger partial charge in [0, 0.05) is 22.3 Å². The lowest BCUT2D eigenvalue weighted by molar-refractivity contribution is 0.588. The van der Waals surface area contributed by atoms with Gasteiger partial charge in [-0.25, -0.2) is 8.78 Å². The van der Waals surface area contributed by atoms with Gasteiger partial charge in [-0.15, -0.1) is 11.8 Å². The number of thioether (sulfide) groups is 1. The Hall–Kier alpha value is -0.910. The first-order valence-corrected chi connectivity index (χ1v) is 7.44. The number of nitrogens with two attached hydrogens (primary N) is 1. The van der Waals surface area contributed by atoms with Gasteiger partial charge >= 0.3 is 0 Å². The van der Waals surface area contributed by atoms with Crippen molar-refractivity contribution < 1.29 is 8.78 Å². The summed E-state index contributed by atoms with van der Waals surface area (Å²) in [6, 6.07) is 11.0. The molecule has 100 valence electrons. The Morgan fingerprint density at radius 1 is 1.11 bits per heavy atom. The molecular weight excluding hydrogens is 332 g/mol. The van der Waals surface area contributed by atoms with E-state index in [9.17, 15) is 8.78 Å². The summed E-state index contributed by atoms with van der Waals surface area (Å²) in [4.78, 5) is 0.522. The van der Waals surface area contributed by atoms with E-state index in [0.717, 1.165) is 0 Å². The van der Waals surface area contributed by atoms with Crippen LogP contribution < -0.4 is 5.73 Å². The molecule has 19 heavy (non-hydrogen) atoms. The lowest BCUT2D eigenvalue weighted by Gasteiger charge is -2.13. The van der Waals surface area contributed by atoms with Crippen molar-refractivity contribution in [3.05, 3.63) is 64.1 Å². The van der Waals surface area contributed by atoms with Crippen LogP contribution in [0.1, 0.15) is 11.6 Å². The van der Waals surface area contributed by atoms with Crippen LogP contribution in [0.25, 0.3) is 0 Å². The largest absolute Gasteiger partial charge is 0.323 e. The van der Waals surface area contributed by atoms with Crippen LogP contribution in [-0.4, -0.2) is 5.75 Å². The van der Waals surface area contributed by atoms with E-state index in [4.69, 9.17) is 5.73 Å². The fraction of sp³-hybridized carbons (Fsp3) is 0.143. The molecule has 5 heteroatoms. The van der Waals surface area contributed by atoms with Gasteiger partial charge in [0.25, 0.3) is 0 Å². The summed E-state index contributed by atoms with van der Waals surface area (Å²) in [7, 11) is 0. The van der Waals surface area contributed by atoms with E-state index in [-0.39, 0.29) is 11.6 Å². The maximum Gasteiger partial charge on any atom is 0.142 e. The Labute approximate surface area is 123 Å². The fourth-order valence-corrected chi connectivity index (χ4v) is 2.94. The molecule has 0 aromatic heterocycles. The molecular formula is C14H12BrF2NS. The third-order valence-corrected chi connectivity index (χ3v) is 4.42. The Bertz CT molecular complexity index is 577. The van der Waals surface area contributed by atoms with Crippen LogP contribution in [0.2, 0.25) is 0 Å². The molecule has 0 aliphatic heterocycles. The summed E-state index contributed by atoms with van der Waals surface area (Å²) < 4.78 is 27.7. The average molecular weight is 344 g/mol. The molecule has 0 aliphatic carbocycles. The van der Waals surface area contributed by atoms with Crippen LogP contribution >= 0.6 is 27.7 Å². The quantitative estimate of drug-likeness (QED) is 0.826. The highest BCUT2D eigenvalue weighted by Crippen LogP contribution is 2.28. The predicted octanol–water partition coefficient (Wildman–Crippen LogP) is 4.52. The van der Waals surface area contributed by atoms with Gasteiger partial charge in [-0.1, -0.05) is 24.3 Å². The van der Waals surface area contributed by atoms with Crippen LogP contribution in [0.5, 0.6) is 0 Å². The SMILES string of the molecule is NC(CSc1ccccc1F)c1cccc(Br)c1F. The third kappa shape index (κ3) is 3.55. The minimum absolute atomic E-state index is 0.283. The van der Waals surface area contributed by atoms with E-state index in [1.807, 2.05) is 0 Å². The molecule has 1 unspecified atom stereocenters. The van der Waals surface area contributed by atoms with Gasteiger partial charge in [0.1, 0.15) is 11.6 Å². The van der Waals surface area contributed by atoms with E-state index in [1.165, 1.54) is 17.8 Å². The number of hydrogen-bond acceptors (Lipinski definition) is 2. The minimum atomic E-state index is -0.484. The second-order valence-electron chi connectivity index (χ2n) is 3.99. The van der Waals surface area contributed by atoms with Crippen LogP contribution in [0.15, 0.2) is 51.8 Å². The second kappa shape index (κ2) is 6.50. The summed E-state index contributed by atoms with van der Waals surface area (Å²) in [5, 5.41) is 0. The van der Waals surface area contributed by atoms with Crippen LogP contribution in [0.3, 0.4) is 0 Å². The van der Waals surface area contributed by atoms with E-state index >= 15 is 0 Å². The smallest absolute Gasteiger partial charge is 0.142 e. The number of rotatable bonds is 4. The molecule has 2 aromatic rings. The van der Waals surface area contributed by atoms with Crippen LogP contribution in [0, 0.1) is 11.6 Å². The highest BCUT2D eigenvalue weighted by Gasteiger charge is 2.14. The van der Waals surface area contributed by atoms with Crippen molar-refractivity contribution in [2.24, 2.45) is 5.73 Å². The summed E-state index contributed by atoms with van der Waals surface area (Å²) in [6.45, 7) is 0. The normalized spacial score (nSPS) is 12.4. The molecule has 2 N–H and O–H groups in total. The summed E-state index contributed by atoms with van der Waals surface area (Å²) in [5.74, 6) is -0.229. The van der Waals surface area contributed by atoms with Gasteiger partial charge in [0.15, 0.2) is 0 Å². The topological polar surface area (TPSA) is 26.0 Å². The molecule has 0 amide bonds. The molecule has 0 heterocycles. The second-order valence-corrected chi connectivity index (χ2v) is 5.91. The van der Waals surface area contributed by atoms with Gasteiger partial charge < -0.3 is 5.73 Å². The van der Waals surface area contributed by atoms with Crippen LogP contribution in [-0.2, 0) is 0 Å². The maximum absolute atomic E-state index is 13.8. The molecule has 0 saturated heterocycles. The summed E-state index contributed by atoms with van der Waals surface area (Å²) in [6.07, 6.45) is 0. The zero-order valence-electron chi connectivity index (χ0n) is 9.95. The standard InChI is InChI=1S/C14H12BrF2NS/c15-10-5-3-4-9(14(10)17)12(18)8-19-13-7-2-1-6-11(13)16/h1-7,12H,8,18H2. The minimum Gasteiger partial charge on any atom is -0.323 e. The van der Waals surface area contributed by atoms with Gasteiger partial charge in [0.2, 0.25) is 0 Å². The summed E-state index contributed by atoms with van der Waals surface area (Å²) >= 11 is 4.41. The van der Waals surface area contributed by atoms with Crippen molar-refractivity contribution in [1.82, 2.24) is 0 Å². The molecule has 0 fully saturated rings. The molecule has 0 bridgehead atoms. The van der Waals surface area contributed by atoms with E-state index in [1.54, 1.807) is 36.4 Å². The predicted molar refractivity (Wildman–Crippen MR) is 78.2 cm³/mol. The van der Waals surface area contributed by atoms with E-state index in [0.29, 0.717) is 20.7 Å². The zero-order valence-corrected chi connectivity index (χ0v) is 12.3. The van der Waals surface area contributed by atoms with Crippen molar-refractivity contribution in [3.63, 3.8) is 0 Å². The Balaban J connectivity index is 2.08. The van der Waals surface area contributed by atoms with Crippen molar-refractivity contribution >= 4 is 27.7 Å². The molecule has 1 nitrogen and oxygen atoms in total. The van der Waals surface area contributed by atoms with Crippen molar-refractivity contribution in [2.45, 2.75) is 10.9 Å². The lowest BCUT2D eigenvalue weighted by Crippen LogP contribution is -2.15. The Kier molecular flexibility index (Phi) is 4.96. The lowest BCUT2D eigenvalue weighted by atomic mass is 10.1. The monoisotopic (exact) mass is 343 g/mol. The number of hydrogen-bond donors (Lipinski definition) is 1. The molecule has 2 rings (SSSR count). The van der Waals surface area contributed by atoms with Gasteiger partial charge in [0.05, 0.1) is 4.47 Å². The highest BCUT2D eigenvalue weighted by atomic mass is 79.9. The Morgan fingerprint density at radius 2 is 1.84 bits per heavy atom.